The molecule has 0 fully saturated rings. The van der Waals surface area contributed by atoms with Crippen molar-refractivity contribution in [3.8, 4) is 5.75 Å². The van der Waals surface area contributed by atoms with Crippen molar-refractivity contribution in [2.75, 3.05) is 6.54 Å². The third-order valence-electron chi connectivity index (χ3n) is 2.94. The van der Waals surface area contributed by atoms with Crippen LogP contribution >= 0.6 is 0 Å². The molecule has 1 aromatic heterocycles. The minimum absolute atomic E-state index is 0.203. The van der Waals surface area contributed by atoms with Gasteiger partial charge in [0.2, 0.25) is 0 Å². The van der Waals surface area contributed by atoms with Crippen LogP contribution in [0.15, 0.2) is 34.7 Å². The SMILES string of the molecule is CCNC(=O)c1ccc(COc2cc(C)ccc2C)o1. The van der Waals surface area contributed by atoms with Gasteiger partial charge < -0.3 is 14.5 Å². The van der Waals surface area contributed by atoms with E-state index in [1.165, 1.54) is 0 Å². The van der Waals surface area contributed by atoms with Crippen molar-refractivity contribution in [2.45, 2.75) is 27.4 Å². The van der Waals surface area contributed by atoms with E-state index in [2.05, 4.69) is 5.32 Å². The Labute approximate surface area is 118 Å². The number of carbonyl (C=O) groups excluding carboxylic acids is 1. The third kappa shape index (κ3) is 3.41. The first-order valence-corrected chi connectivity index (χ1v) is 6.67. The molecule has 0 unspecified atom stereocenters. The summed E-state index contributed by atoms with van der Waals surface area (Å²) in [6.07, 6.45) is 0. The van der Waals surface area contributed by atoms with Gasteiger partial charge in [0.05, 0.1) is 0 Å². The van der Waals surface area contributed by atoms with Gasteiger partial charge in [0.15, 0.2) is 5.76 Å². The number of carbonyl (C=O) groups is 1. The van der Waals surface area contributed by atoms with E-state index >= 15 is 0 Å². The highest BCUT2D eigenvalue weighted by atomic mass is 16.5. The summed E-state index contributed by atoms with van der Waals surface area (Å²) in [7, 11) is 0. The lowest BCUT2D eigenvalue weighted by atomic mass is 10.1. The zero-order valence-electron chi connectivity index (χ0n) is 12.0. The Bertz CT molecular complexity index is 602. The Morgan fingerprint density at radius 2 is 2.05 bits per heavy atom. The van der Waals surface area contributed by atoms with Crippen LogP contribution in [-0.4, -0.2) is 12.5 Å². The van der Waals surface area contributed by atoms with Crippen LogP contribution in [0.4, 0.5) is 0 Å². The molecule has 0 aliphatic heterocycles. The van der Waals surface area contributed by atoms with E-state index in [9.17, 15) is 4.79 Å². The predicted molar refractivity (Wildman–Crippen MR) is 77.0 cm³/mol. The Morgan fingerprint density at radius 3 is 2.80 bits per heavy atom. The van der Waals surface area contributed by atoms with Crippen molar-refractivity contribution in [3.63, 3.8) is 0 Å². The van der Waals surface area contributed by atoms with Gasteiger partial charge >= 0.3 is 0 Å². The van der Waals surface area contributed by atoms with E-state index < -0.39 is 0 Å². The molecule has 20 heavy (non-hydrogen) atoms. The highest BCUT2D eigenvalue weighted by Gasteiger charge is 2.10. The van der Waals surface area contributed by atoms with Crippen LogP contribution in [0.25, 0.3) is 0 Å². The fourth-order valence-corrected chi connectivity index (χ4v) is 1.84. The van der Waals surface area contributed by atoms with E-state index in [1.54, 1.807) is 12.1 Å². The van der Waals surface area contributed by atoms with Crippen molar-refractivity contribution >= 4 is 5.91 Å². The summed E-state index contributed by atoms with van der Waals surface area (Å²) in [5.74, 6) is 1.57. The van der Waals surface area contributed by atoms with Gasteiger partial charge in [-0.25, -0.2) is 0 Å². The van der Waals surface area contributed by atoms with E-state index in [-0.39, 0.29) is 5.91 Å². The number of hydrogen-bond donors (Lipinski definition) is 1. The molecule has 2 rings (SSSR count). The molecule has 0 radical (unpaired) electrons. The highest BCUT2D eigenvalue weighted by molar-refractivity contribution is 5.91. The topological polar surface area (TPSA) is 51.5 Å². The summed E-state index contributed by atoms with van der Waals surface area (Å²) in [5.41, 5.74) is 2.22. The molecule has 4 nitrogen and oxygen atoms in total. The van der Waals surface area contributed by atoms with Crippen molar-refractivity contribution in [1.29, 1.82) is 0 Å². The first-order chi connectivity index (χ1) is 9.60. The van der Waals surface area contributed by atoms with E-state index in [0.717, 1.165) is 16.9 Å². The Hall–Kier alpha value is -2.23. The molecule has 0 saturated carbocycles. The van der Waals surface area contributed by atoms with E-state index in [1.807, 2.05) is 39.0 Å². The quantitative estimate of drug-likeness (QED) is 0.910. The second-order valence-electron chi connectivity index (χ2n) is 4.68. The Balaban J connectivity index is 2.01. The van der Waals surface area contributed by atoms with Crippen LogP contribution < -0.4 is 10.1 Å². The molecule has 0 aliphatic rings. The van der Waals surface area contributed by atoms with Gasteiger partial charge in [0.25, 0.3) is 5.91 Å². The molecule has 1 N–H and O–H groups in total. The molecule has 2 aromatic rings. The molecule has 0 spiro atoms. The monoisotopic (exact) mass is 273 g/mol. The fourth-order valence-electron chi connectivity index (χ4n) is 1.84. The molecule has 1 heterocycles. The van der Waals surface area contributed by atoms with Gasteiger partial charge in [-0.3, -0.25) is 4.79 Å². The molecule has 1 aromatic carbocycles. The number of rotatable bonds is 5. The largest absolute Gasteiger partial charge is 0.485 e. The van der Waals surface area contributed by atoms with Crippen LogP contribution in [0, 0.1) is 13.8 Å². The van der Waals surface area contributed by atoms with Gasteiger partial charge in [-0.1, -0.05) is 12.1 Å². The van der Waals surface area contributed by atoms with Crippen molar-refractivity contribution < 1.29 is 13.9 Å². The average molecular weight is 273 g/mol. The summed E-state index contributed by atoms with van der Waals surface area (Å²) in [5, 5.41) is 2.69. The third-order valence-corrected chi connectivity index (χ3v) is 2.94. The molecular weight excluding hydrogens is 254 g/mol. The smallest absolute Gasteiger partial charge is 0.286 e. The fraction of sp³-hybridized carbons (Fsp3) is 0.312. The summed E-state index contributed by atoms with van der Waals surface area (Å²) < 4.78 is 11.2. The van der Waals surface area contributed by atoms with Gasteiger partial charge in [-0.2, -0.15) is 0 Å². The van der Waals surface area contributed by atoms with Crippen LogP contribution in [0.3, 0.4) is 0 Å². The molecule has 0 aliphatic carbocycles. The van der Waals surface area contributed by atoms with Gasteiger partial charge in [-0.05, 0) is 50.1 Å². The second kappa shape index (κ2) is 6.28. The number of hydrogen-bond acceptors (Lipinski definition) is 3. The first kappa shape index (κ1) is 14.2. The first-order valence-electron chi connectivity index (χ1n) is 6.67. The van der Waals surface area contributed by atoms with Crippen LogP contribution in [-0.2, 0) is 6.61 Å². The number of benzene rings is 1. The lowest BCUT2D eigenvalue weighted by molar-refractivity contribution is 0.0924. The van der Waals surface area contributed by atoms with Gasteiger partial charge in [0.1, 0.15) is 18.1 Å². The zero-order valence-corrected chi connectivity index (χ0v) is 12.0. The normalized spacial score (nSPS) is 10.3. The summed E-state index contributed by atoms with van der Waals surface area (Å²) in [6.45, 7) is 6.77. The van der Waals surface area contributed by atoms with Crippen molar-refractivity contribution in [3.05, 3.63) is 53.0 Å². The molecule has 4 heteroatoms. The number of furan rings is 1. The maximum absolute atomic E-state index is 11.6. The highest BCUT2D eigenvalue weighted by Crippen LogP contribution is 2.21. The molecule has 1 amide bonds. The zero-order chi connectivity index (χ0) is 14.5. The Morgan fingerprint density at radius 1 is 1.25 bits per heavy atom. The second-order valence-corrected chi connectivity index (χ2v) is 4.68. The summed E-state index contributed by atoms with van der Waals surface area (Å²) >= 11 is 0. The standard InChI is InChI=1S/C16H19NO3/c1-4-17-16(18)14-8-7-13(20-14)10-19-15-9-11(2)5-6-12(15)3/h5-9H,4,10H2,1-3H3,(H,17,18). The number of ether oxygens (including phenoxy) is 1. The maximum atomic E-state index is 11.6. The van der Waals surface area contributed by atoms with Crippen LogP contribution in [0.5, 0.6) is 5.75 Å². The molecule has 0 saturated heterocycles. The predicted octanol–water partition coefficient (Wildman–Crippen LogP) is 3.23. The summed E-state index contributed by atoms with van der Waals surface area (Å²) in [6, 6.07) is 9.47. The van der Waals surface area contributed by atoms with Gasteiger partial charge in [0, 0.05) is 6.54 Å². The number of aryl methyl sites for hydroxylation is 2. The van der Waals surface area contributed by atoms with Crippen LogP contribution in [0.1, 0.15) is 34.4 Å². The lowest BCUT2D eigenvalue weighted by Crippen LogP contribution is -2.21. The molecule has 0 atom stereocenters. The van der Waals surface area contributed by atoms with Crippen molar-refractivity contribution in [2.24, 2.45) is 0 Å². The molecule has 0 bridgehead atoms. The minimum Gasteiger partial charge on any atom is -0.485 e. The van der Waals surface area contributed by atoms with Crippen molar-refractivity contribution in [1.82, 2.24) is 5.32 Å². The average Bonchev–Trinajstić information content (AvgIpc) is 2.89. The van der Waals surface area contributed by atoms with E-state index in [0.29, 0.717) is 24.7 Å². The number of amides is 1. The Kier molecular flexibility index (Phi) is 4.45. The van der Waals surface area contributed by atoms with E-state index in [4.69, 9.17) is 9.15 Å². The molecular formula is C16H19NO3. The van der Waals surface area contributed by atoms with Crippen LogP contribution in [0.2, 0.25) is 0 Å². The summed E-state index contributed by atoms with van der Waals surface area (Å²) in [4.78, 5) is 11.6. The maximum Gasteiger partial charge on any atom is 0.286 e. The van der Waals surface area contributed by atoms with Gasteiger partial charge in [-0.15, -0.1) is 0 Å². The molecule has 106 valence electrons. The minimum atomic E-state index is -0.203. The number of nitrogens with one attached hydrogen (secondary N) is 1. The lowest BCUT2D eigenvalue weighted by Gasteiger charge is -2.08.